The zero-order chi connectivity index (χ0) is 28.4. The Balaban J connectivity index is 1.82. The van der Waals surface area contributed by atoms with Gasteiger partial charge < -0.3 is 32.8 Å². The summed E-state index contributed by atoms with van der Waals surface area (Å²) in [6, 6.07) is 3.44. The summed E-state index contributed by atoms with van der Waals surface area (Å²) in [4.78, 5) is 60.2. The number of carbonyl (C=O) groups is 4. The third-order valence-electron chi connectivity index (χ3n) is 6.37. The highest BCUT2D eigenvalue weighted by molar-refractivity contribution is 5.89. The molecule has 0 spiro atoms. The largest absolute Gasteiger partial charge is 0.463 e. The molecule has 1 aromatic carbocycles. The summed E-state index contributed by atoms with van der Waals surface area (Å²) in [5.74, 6) is -2.56. The summed E-state index contributed by atoms with van der Waals surface area (Å²) in [6.45, 7) is 6.03. The molecule has 1 aliphatic heterocycles. The van der Waals surface area contributed by atoms with E-state index in [1.165, 1.54) is 6.92 Å². The van der Waals surface area contributed by atoms with Crippen molar-refractivity contribution in [3.8, 4) is 5.75 Å². The molecule has 210 valence electrons. The molecular formula is C27H30O12. The second kappa shape index (κ2) is 11.4. The van der Waals surface area contributed by atoms with Gasteiger partial charge in [-0.15, -0.1) is 0 Å². The van der Waals surface area contributed by atoms with Gasteiger partial charge >= 0.3 is 29.5 Å². The third kappa shape index (κ3) is 6.22. The highest BCUT2D eigenvalue weighted by Crippen LogP contribution is 2.38. The van der Waals surface area contributed by atoms with Crippen LogP contribution in [0.5, 0.6) is 5.75 Å². The molecule has 1 saturated heterocycles. The molecule has 4 rings (SSSR count). The summed E-state index contributed by atoms with van der Waals surface area (Å²) < 4.78 is 39.4. The van der Waals surface area contributed by atoms with Crippen molar-refractivity contribution in [3.05, 3.63) is 39.2 Å². The Morgan fingerprint density at radius 1 is 0.846 bits per heavy atom. The van der Waals surface area contributed by atoms with Crippen LogP contribution in [0.2, 0.25) is 0 Å². The molecule has 0 amide bonds. The Bertz CT molecular complexity index is 1360. The topological polar surface area (TPSA) is 154 Å². The van der Waals surface area contributed by atoms with Crippen LogP contribution in [0.25, 0.3) is 11.0 Å². The summed E-state index contributed by atoms with van der Waals surface area (Å²) >= 11 is 0. The minimum absolute atomic E-state index is 0.285. The van der Waals surface area contributed by atoms with Gasteiger partial charge in [-0.3, -0.25) is 19.2 Å². The van der Waals surface area contributed by atoms with E-state index in [0.717, 1.165) is 32.8 Å². The van der Waals surface area contributed by atoms with Crippen molar-refractivity contribution >= 4 is 34.8 Å². The molecule has 1 aromatic heterocycles. The quantitative estimate of drug-likeness (QED) is 0.284. The van der Waals surface area contributed by atoms with Crippen LogP contribution >= 0.6 is 0 Å². The van der Waals surface area contributed by atoms with Gasteiger partial charge in [0.05, 0.1) is 5.39 Å². The summed E-state index contributed by atoms with van der Waals surface area (Å²) in [5.41, 5.74) is 1.99. The van der Waals surface area contributed by atoms with Crippen molar-refractivity contribution in [3.63, 3.8) is 0 Å². The Hall–Kier alpha value is -3.93. The maximum absolute atomic E-state index is 12.5. The van der Waals surface area contributed by atoms with Crippen molar-refractivity contribution in [2.24, 2.45) is 0 Å². The van der Waals surface area contributed by atoms with Crippen LogP contribution in [-0.4, -0.2) is 61.2 Å². The predicted molar refractivity (Wildman–Crippen MR) is 132 cm³/mol. The van der Waals surface area contributed by atoms with Gasteiger partial charge in [-0.25, -0.2) is 4.79 Å². The first-order valence-electron chi connectivity index (χ1n) is 12.5. The average molecular weight is 547 g/mol. The van der Waals surface area contributed by atoms with Crippen LogP contribution in [0.3, 0.4) is 0 Å². The Kier molecular flexibility index (Phi) is 8.24. The van der Waals surface area contributed by atoms with E-state index < -0.39 is 60.2 Å². The molecule has 0 N–H and O–H groups in total. The molecule has 1 fully saturated rings. The van der Waals surface area contributed by atoms with Crippen molar-refractivity contribution in [2.75, 3.05) is 6.61 Å². The normalized spacial score (nSPS) is 24.0. The zero-order valence-corrected chi connectivity index (χ0v) is 22.3. The van der Waals surface area contributed by atoms with Gasteiger partial charge in [0.15, 0.2) is 12.2 Å². The number of esters is 4. The lowest BCUT2D eigenvalue weighted by Crippen LogP contribution is -2.63. The number of aryl methyl sites for hydroxylation is 2. The Labute approximate surface area is 223 Å². The standard InChI is InChI=1S/C27H30O12/c1-12-9-19-22(17-7-6-8-18(17)26(32)37-19)20(10-12)38-27-25(36-16(5)31)24(35-15(4)30)23(34-14(3)29)21(39-27)11-33-13(2)28/h9-10,21,23-25,27H,6-8,11H2,1-5H3/t21-,23-,24+,25-,27-/m1/s1. The smallest absolute Gasteiger partial charge is 0.339 e. The Morgan fingerprint density at radius 3 is 2.10 bits per heavy atom. The molecule has 0 saturated carbocycles. The van der Waals surface area contributed by atoms with Crippen LogP contribution in [0.15, 0.2) is 21.3 Å². The number of fused-ring (bicyclic) bond motifs is 3. The van der Waals surface area contributed by atoms with Crippen LogP contribution < -0.4 is 10.4 Å². The van der Waals surface area contributed by atoms with E-state index in [1.54, 1.807) is 19.1 Å². The van der Waals surface area contributed by atoms with Gasteiger partial charge in [-0.05, 0) is 49.4 Å². The number of rotatable bonds is 7. The fraction of sp³-hybridized carbons (Fsp3) is 0.519. The van der Waals surface area contributed by atoms with E-state index in [-0.39, 0.29) is 12.4 Å². The molecule has 5 atom stereocenters. The van der Waals surface area contributed by atoms with Crippen LogP contribution in [-0.2, 0) is 55.7 Å². The van der Waals surface area contributed by atoms with Crippen molar-refractivity contribution in [2.45, 2.75) is 84.6 Å². The first-order chi connectivity index (χ1) is 18.4. The van der Waals surface area contributed by atoms with E-state index in [0.29, 0.717) is 34.9 Å². The molecular weight excluding hydrogens is 516 g/mol. The lowest BCUT2D eigenvalue weighted by atomic mass is 9.98. The van der Waals surface area contributed by atoms with Gasteiger partial charge in [0.2, 0.25) is 12.4 Å². The minimum atomic E-state index is -1.40. The Morgan fingerprint density at radius 2 is 1.46 bits per heavy atom. The average Bonchev–Trinajstić information content (AvgIpc) is 3.31. The van der Waals surface area contributed by atoms with Gasteiger partial charge in [-0.1, -0.05) is 0 Å². The molecule has 39 heavy (non-hydrogen) atoms. The molecule has 2 aromatic rings. The monoisotopic (exact) mass is 546 g/mol. The number of benzene rings is 1. The second-order valence-electron chi connectivity index (χ2n) is 9.52. The highest BCUT2D eigenvalue weighted by Gasteiger charge is 2.53. The first kappa shape index (κ1) is 28.1. The van der Waals surface area contributed by atoms with Gasteiger partial charge in [-0.2, -0.15) is 0 Å². The number of carbonyl (C=O) groups excluding carboxylic acids is 4. The van der Waals surface area contributed by atoms with Crippen LogP contribution in [0.1, 0.15) is 50.8 Å². The van der Waals surface area contributed by atoms with Gasteiger partial charge in [0, 0.05) is 33.3 Å². The van der Waals surface area contributed by atoms with Crippen LogP contribution in [0, 0.1) is 6.92 Å². The highest BCUT2D eigenvalue weighted by atomic mass is 16.7. The van der Waals surface area contributed by atoms with Crippen molar-refractivity contribution < 1.29 is 52.0 Å². The first-order valence-corrected chi connectivity index (χ1v) is 12.5. The van der Waals surface area contributed by atoms with Crippen molar-refractivity contribution in [1.82, 2.24) is 0 Å². The molecule has 0 bridgehead atoms. The minimum Gasteiger partial charge on any atom is -0.463 e. The maximum atomic E-state index is 12.5. The molecule has 2 aliphatic rings. The molecule has 1 aliphatic carbocycles. The number of hydrogen-bond donors (Lipinski definition) is 0. The number of ether oxygens (including phenoxy) is 6. The van der Waals surface area contributed by atoms with E-state index in [2.05, 4.69) is 0 Å². The van der Waals surface area contributed by atoms with E-state index in [4.69, 9.17) is 32.8 Å². The predicted octanol–water partition coefficient (Wildman–Crippen LogP) is 2.05. The van der Waals surface area contributed by atoms with Crippen LogP contribution in [0.4, 0.5) is 0 Å². The van der Waals surface area contributed by atoms with Gasteiger partial charge in [0.25, 0.3) is 0 Å². The lowest BCUT2D eigenvalue weighted by molar-refractivity contribution is -0.288. The maximum Gasteiger partial charge on any atom is 0.339 e. The summed E-state index contributed by atoms with van der Waals surface area (Å²) in [7, 11) is 0. The zero-order valence-electron chi connectivity index (χ0n) is 22.3. The third-order valence-corrected chi connectivity index (χ3v) is 6.37. The van der Waals surface area contributed by atoms with E-state index >= 15 is 0 Å². The van der Waals surface area contributed by atoms with E-state index in [9.17, 15) is 24.0 Å². The molecule has 2 heterocycles. The molecule has 12 heteroatoms. The van der Waals surface area contributed by atoms with Crippen molar-refractivity contribution in [1.29, 1.82) is 0 Å². The fourth-order valence-electron chi connectivity index (χ4n) is 5.01. The SMILES string of the molecule is CC(=O)OC[C@H]1O[C@@H](Oc2cc(C)cc3oc(=O)c4c(c23)CCC4)[C@H](OC(C)=O)[C@@H](OC(C)=O)[C@@H]1OC(C)=O. The second-order valence-corrected chi connectivity index (χ2v) is 9.52. The molecule has 0 unspecified atom stereocenters. The molecule has 0 radical (unpaired) electrons. The fourth-order valence-corrected chi connectivity index (χ4v) is 5.01. The van der Waals surface area contributed by atoms with Gasteiger partial charge in [0.1, 0.15) is 24.0 Å². The lowest BCUT2D eigenvalue weighted by Gasteiger charge is -2.44. The summed E-state index contributed by atoms with van der Waals surface area (Å²) in [6.07, 6.45) is -4.64. The summed E-state index contributed by atoms with van der Waals surface area (Å²) in [5, 5.41) is 0.570. The van der Waals surface area contributed by atoms with E-state index in [1.807, 2.05) is 0 Å². The molecule has 12 nitrogen and oxygen atoms in total. The number of hydrogen-bond acceptors (Lipinski definition) is 12.